The molecule has 0 saturated carbocycles. The second-order valence-corrected chi connectivity index (χ2v) is 5.73. The molecule has 0 aliphatic carbocycles. The van der Waals surface area contributed by atoms with Crippen LogP contribution in [0.1, 0.15) is 20.7 Å². The van der Waals surface area contributed by atoms with Crippen molar-refractivity contribution in [2.75, 3.05) is 5.32 Å². The van der Waals surface area contributed by atoms with Gasteiger partial charge in [0.15, 0.2) is 5.11 Å². The third-order valence-electron chi connectivity index (χ3n) is 2.79. The van der Waals surface area contributed by atoms with Crippen LogP contribution in [0.25, 0.3) is 0 Å². The number of halogens is 2. The Bertz CT molecular complexity index is 781. The molecule has 0 aliphatic rings. The summed E-state index contributed by atoms with van der Waals surface area (Å²) in [5.74, 6) is -2.12. The van der Waals surface area contributed by atoms with E-state index in [-0.39, 0.29) is 21.9 Å². The summed E-state index contributed by atoms with van der Waals surface area (Å²) < 4.78 is 13.4. The monoisotopic (exact) mass is 396 g/mol. The molecule has 2 aromatic rings. The Morgan fingerprint density at radius 3 is 2.39 bits per heavy atom. The lowest BCUT2D eigenvalue weighted by atomic mass is 10.2. The summed E-state index contributed by atoms with van der Waals surface area (Å²) in [5.41, 5.74) is 0.465. The summed E-state index contributed by atoms with van der Waals surface area (Å²) in [6.07, 6.45) is 0. The van der Waals surface area contributed by atoms with Crippen molar-refractivity contribution >= 4 is 50.8 Å². The first-order chi connectivity index (χ1) is 10.9. The number of aromatic carboxylic acids is 1. The third-order valence-corrected chi connectivity index (χ3v) is 3.49. The highest BCUT2D eigenvalue weighted by molar-refractivity contribution is 9.10. The fraction of sp³-hybridized carbons (Fsp3) is 0. The van der Waals surface area contributed by atoms with Crippen molar-refractivity contribution in [3.05, 3.63) is 63.9 Å². The van der Waals surface area contributed by atoms with Crippen LogP contribution in [0, 0.1) is 5.82 Å². The van der Waals surface area contributed by atoms with E-state index < -0.39 is 17.7 Å². The molecule has 0 radical (unpaired) electrons. The standard InChI is InChI=1S/C15H10BrFN2O3S/c16-9-3-6-12(11(7-9)14(21)22)18-15(23)19-13(20)8-1-4-10(17)5-2-8/h1-7H,(H,21,22)(H2,18,19,20,23). The first-order valence-electron chi connectivity index (χ1n) is 6.27. The fourth-order valence-corrected chi connectivity index (χ4v) is 2.30. The molecule has 3 N–H and O–H groups in total. The Balaban J connectivity index is 2.09. The highest BCUT2D eigenvalue weighted by Gasteiger charge is 2.13. The molecular weight excluding hydrogens is 387 g/mol. The maximum absolute atomic E-state index is 12.8. The summed E-state index contributed by atoms with van der Waals surface area (Å²) in [6, 6.07) is 9.51. The van der Waals surface area contributed by atoms with E-state index in [0.29, 0.717) is 4.47 Å². The van der Waals surface area contributed by atoms with Crippen LogP contribution in [-0.4, -0.2) is 22.1 Å². The number of amides is 1. The Morgan fingerprint density at radius 2 is 1.78 bits per heavy atom. The van der Waals surface area contributed by atoms with E-state index in [4.69, 9.17) is 17.3 Å². The molecule has 2 rings (SSSR count). The van der Waals surface area contributed by atoms with Gasteiger partial charge < -0.3 is 10.4 Å². The van der Waals surface area contributed by atoms with E-state index in [0.717, 1.165) is 12.1 Å². The van der Waals surface area contributed by atoms with E-state index in [1.54, 1.807) is 6.07 Å². The quantitative estimate of drug-likeness (QED) is 0.692. The maximum atomic E-state index is 12.8. The van der Waals surface area contributed by atoms with Gasteiger partial charge >= 0.3 is 5.97 Å². The Hall–Kier alpha value is -2.32. The number of anilines is 1. The molecule has 0 heterocycles. The van der Waals surface area contributed by atoms with Crippen LogP contribution in [0.5, 0.6) is 0 Å². The average molecular weight is 397 g/mol. The SMILES string of the molecule is O=C(NC(=S)Nc1ccc(Br)cc1C(=O)O)c1ccc(F)cc1. The first kappa shape index (κ1) is 17.0. The molecule has 1 amide bonds. The topological polar surface area (TPSA) is 78.4 Å². The molecule has 0 unspecified atom stereocenters. The highest BCUT2D eigenvalue weighted by Crippen LogP contribution is 2.21. The van der Waals surface area contributed by atoms with Crippen LogP contribution in [0.3, 0.4) is 0 Å². The van der Waals surface area contributed by atoms with Gasteiger partial charge in [0.05, 0.1) is 11.3 Å². The lowest BCUT2D eigenvalue weighted by Crippen LogP contribution is -2.34. The van der Waals surface area contributed by atoms with Crippen LogP contribution in [0.2, 0.25) is 0 Å². The number of hydrogen-bond donors (Lipinski definition) is 3. The minimum atomic E-state index is -1.14. The van der Waals surface area contributed by atoms with Gasteiger partial charge in [-0.05, 0) is 54.7 Å². The third kappa shape index (κ3) is 4.57. The van der Waals surface area contributed by atoms with Gasteiger partial charge in [-0.25, -0.2) is 9.18 Å². The molecule has 23 heavy (non-hydrogen) atoms. The molecule has 0 aliphatic heterocycles. The molecule has 5 nitrogen and oxygen atoms in total. The molecule has 0 spiro atoms. The molecule has 0 atom stereocenters. The van der Waals surface area contributed by atoms with Crippen LogP contribution in [0.4, 0.5) is 10.1 Å². The zero-order valence-electron chi connectivity index (χ0n) is 11.5. The van der Waals surface area contributed by atoms with Crippen molar-refractivity contribution in [1.82, 2.24) is 5.32 Å². The van der Waals surface area contributed by atoms with E-state index in [1.807, 2.05) is 0 Å². The van der Waals surface area contributed by atoms with Crippen molar-refractivity contribution in [1.29, 1.82) is 0 Å². The van der Waals surface area contributed by atoms with Gasteiger partial charge in [-0.3, -0.25) is 10.1 Å². The van der Waals surface area contributed by atoms with Crippen LogP contribution in [0.15, 0.2) is 46.9 Å². The normalized spacial score (nSPS) is 10.0. The zero-order chi connectivity index (χ0) is 17.0. The predicted octanol–water partition coefficient (Wildman–Crippen LogP) is 3.41. The van der Waals surface area contributed by atoms with Gasteiger partial charge in [0.1, 0.15) is 5.82 Å². The molecule has 0 saturated heterocycles. The number of thiocarbonyl (C=S) groups is 1. The molecule has 0 fully saturated rings. The van der Waals surface area contributed by atoms with Crippen molar-refractivity contribution < 1.29 is 19.1 Å². The van der Waals surface area contributed by atoms with Crippen molar-refractivity contribution in [3.8, 4) is 0 Å². The second kappa shape index (κ2) is 7.30. The number of rotatable bonds is 3. The van der Waals surface area contributed by atoms with Crippen molar-refractivity contribution in [2.24, 2.45) is 0 Å². The highest BCUT2D eigenvalue weighted by atomic mass is 79.9. The minimum absolute atomic E-state index is 0.00208. The second-order valence-electron chi connectivity index (χ2n) is 4.41. The first-order valence-corrected chi connectivity index (χ1v) is 7.47. The number of benzene rings is 2. The summed E-state index contributed by atoms with van der Waals surface area (Å²) >= 11 is 8.18. The number of carbonyl (C=O) groups excluding carboxylic acids is 1. The molecule has 118 valence electrons. The lowest BCUT2D eigenvalue weighted by Gasteiger charge is -2.12. The smallest absolute Gasteiger partial charge is 0.337 e. The minimum Gasteiger partial charge on any atom is -0.478 e. The number of nitrogens with one attached hydrogen (secondary N) is 2. The Labute approximate surface area is 144 Å². The maximum Gasteiger partial charge on any atom is 0.337 e. The number of hydrogen-bond acceptors (Lipinski definition) is 3. The van der Waals surface area contributed by atoms with Crippen LogP contribution in [-0.2, 0) is 0 Å². The molecule has 0 aromatic heterocycles. The molecule has 0 bridgehead atoms. The largest absolute Gasteiger partial charge is 0.478 e. The number of carboxylic acid groups (broad SMARTS) is 1. The molecule has 8 heteroatoms. The summed E-state index contributed by atoms with van der Waals surface area (Å²) in [4.78, 5) is 23.1. The van der Waals surface area contributed by atoms with E-state index in [9.17, 15) is 14.0 Å². The Kier molecular flexibility index (Phi) is 5.41. The lowest BCUT2D eigenvalue weighted by molar-refractivity contribution is 0.0697. The fourth-order valence-electron chi connectivity index (χ4n) is 1.73. The van der Waals surface area contributed by atoms with E-state index >= 15 is 0 Å². The summed E-state index contributed by atoms with van der Waals surface area (Å²) in [7, 11) is 0. The van der Waals surface area contributed by atoms with Gasteiger partial charge in [-0.1, -0.05) is 15.9 Å². The van der Waals surface area contributed by atoms with E-state index in [1.165, 1.54) is 24.3 Å². The number of carboxylic acids is 1. The zero-order valence-corrected chi connectivity index (χ0v) is 13.9. The van der Waals surface area contributed by atoms with Crippen molar-refractivity contribution in [3.63, 3.8) is 0 Å². The van der Waals surface area contributed by atoms with Gasteiger partial charge in [0, 0.05) is 10.0 Å². The van der Waals surface area contributed by atoms with Crippen molar-refractivity contribution in [2.45, 2.75) is 0 Å². The summed E-state index contributed by atoms with van der Waals surface area (Å²) in [6.45, 7) is 0. The van der Waals surface area contributed by atoms with Gasteiger partial charge in [-0.2, -0.15) is 0 Å². The predicted molar refractivity (Wildman–Crippen MR) is 91.2 cm³/mol. The molecule has 2 aromatic carbocycles. The van der Waals surface area contributed by atoms with Gasteiger partial charge in [0.2, 0.25) is 0 Å². The number of carbonyl (C=O) groups is 2. The average Bonchev–Trinajstić information content (AvgIpc) is 2.49. The van der Waals surface area contributed by atoms with Crippen LogP contribution < -0.4 is 10.6 Å². The van der Waals surface area contributed by atoms with E-state index in [2.05, 4.69) is 26.6 Å². The molecular formula is C15H10BrFN2O3S. The van der Waals surface area contributed by atoms with Gasteiger partial charge in [-0.15, -0.1) is 0 Å². The van der Waals surface area contributed by atoms with Crippen LogP contribution >= 0.6 is 28.1 Å². The Morgan fingerprint density at radius 1 is 1.13 bits per heavy atom. The summed E-state index contributed by atoms with van der Waals surface area (Å²) in [5, 5.41) is 14.2. The van der Waals surface area contributed by atoms with Gasteiger partial charge in [0.25, 0.3) is 5.91 Å².